The molecule has 0 saturated carbocycles. The van der Waals surface area contributed by atoms with Crippen molar-refractivity contribution in [3.8, 4) is 0 Å². The van der Waals surface area contributed by atoms with Gasteiger partial charge in [-0.05, 0) is 18.6 Å². The van der Waals surface area contributed by atoms with E-state index < -0.39 is 4.92 Å². The minimum absolute atomic E-state index is 0.0440. The number of benzene rings is 1. The van der Waals surface area contributed by atoms with Gasteiger partial charge in [0, 0.05) is 21.6 Å². The third-order valence-corrected chi connectivity index (χ3v) is 4.01. The topological polar surface area (TPSA) is 68.1 Å². The highest BCUT2D eigenvalue weighted by molar-refractivity contribution is 9.10. The number of nitro benzene ring substituents is 1. The average molecular weight is 363 g/mol. The molecule has 0 atom stereocenters. The van der Waals surface area contributed by atoms with E-state index >= 15 is 0 Å². The van der Waals surface area contributed by atoms with Gasteiger partial charge in [-0.3, -0.25) is 10.1 Å². The van der Waals surface area contributed by atoms with Crippen LogP contribution in [0.5, 0.6) is 0 Å². The van der Waals surface area contributed by atoms with Crippen molar-refractivity contribution in [2.24, 2.45) is 0 Å². The molecule has 1 aromatic heterocycles. The molecule has 0 amide bonds. The van der Waals surface area contributed by atoms with Gasteiger partial charge in [0.15, 0.2) is 4.47 Å². The van der Waals surface area contributed by atoms with E-state index in [1.807, 2.05) is 13.0 Å². The summed E-state index contributed by atoms with van der Waals surface area (Å²) in [5, 5.41) is 14.1. The van der Waals surface area contributed by atoms with Gasteiger partial charge in [0.25, 0.3) is 5.69 Å². The number of aromatic nitrogens is 1. The SMILES string of the molecule is Cc1cc(Br)cc([N+](=O)[O-])c1NCc1cnc(Cl)s1. The Morgan fingerprint density at radius 3 is 2.89 bits per heavy atom. The lowest BCUT2D eigenvalue weighted by molar-refractivity contribution is -0.384. The number of nitrogens with one attached hydrogen (secondary N) is 1. The van der Waals surface area contributed by atoms with Crippen LogP contribution in [0.25, 0.3) is 0 Å². The summed E-state index contributed by atoms with van der Waals surface area (Å²) in [5.41, 5.74) is 1.36. The van der Waals surface area contributed by atoms with Gasteiger partial charge in [-0.25, -0.2) is 4.98 Å². The second-order valence-electron chi connectivity index (χ2n) is 3.81. The molecule has 0 unspecified atom stereocenters. The molecule has 0 aliphatic carbocycles. The van der Waals surface area contributed by atoms with E-state index in [9.17, 15) is 10.1 Å². The lowest BCUT2D eigenvalue weighted by Gasteiger charge is -2.09. The summed E-state index contributed by atoms with van der Waals surface area (Å²) in [4.78, 5) is 15.5. The minimum atomic E-state index is -0.403. The van der Waals surface area contributed by atoms with Crippen LogP contribution in [0.1, 0.15) is 10.4 Å². The Labute approximate surface area is 126 Å². The van der Waals surface area contributed by atoms with Crippen LogP contribution >= 0.6 is 38.9 Å². The number of aryl methyl sites for hydroxylation is 1. The van der Waals surface area contributed by atoms with Crippen LogP contribution in [0, 0.1) is 17.0 Å². The number of nitro groups is 1. The number of hydrogen-bond acceptors (Lipinski definition) is 5. The summed E-state index contributed by atoms with van der Waals surface area (Å²) in [6, 6.07) is 3.31. The molecule has 2 aromatic rings. The molecule has 0 bridgehead atoms. The van der Waals surface area contributed by atoms with Crippen molar-refractivity contribution in [1.82, 2.24) is 4.98 Å². The quantitative estimate of drug-likeness (QED) is 0.647. The summed E-state index contributed by atoms with van der Waals surface area (Å²) >= 11 is 10.3. The number of anilines is 1. The molecular formula is C11H9BrClN3O2S. The summed E-state index contributed by atoms with van der Waals surface area (Å²) in [6.45, 7) is 2.27. The normalized spacial score (nSPS) is 10.5. The molecule has 0 aliphatic rings. The van der Waals surface area contributed by atoms with Crippen molar-refractivity contribution >= 4 is 50.2 Å². The molecule has 2 rings (SSSR count). The maximum atomic E-state index is 11.1. The molecule has 0 radical (unpaired) electrons. The molecule has 1 N–H and O–H groups in total. The first kappa shape index (κ1) is 14.2. The Kier molecular flexibility index (Phi) is 4.38. The lowest BCUT2D eigenvalue weighted by Crippen LogP contribution is -2.03. The van der Waals surface area contributed by atoms with Gasteiger partial charge < -0.3 is 5.32 Å². The van der Waals surface area contributed by atoms with Crippen molar-refractivity contribution in [3.05, 3.63) is 47.8 Å². The number of thiazole rings is 1. The number of halogens is 2. The predicted octanol–water partition coefficient (Wildman–Crippen LogP) is 4.39. The first-order chi connectivity index (χ1) is 8.97. The molecule has 5 nitrogen and oxygen atoms in total. The summed E-state index contributed by atoms with van der Waals surface area (Å²) in [6.07, 6.45) is 1.65. The van der Waals surface area contributed by atoms with Gasteiger partial charge in [0.1, 0.15) is 5.69 Å². The zero-order valence-electron chi connectivity index (χ0n) is 9.81. The Bertz CT molecular complexity index is 632. The molecule has 0 saturated heterocycles. The first-order valence-corrected chi connectivity index (χ1v) is 7.24. The van der Waals surface area contributed by atoms with Gasteiger partial charge in [-0.1, -0.05) is 27.5 Å². The van der Waals surface area contributed by atoms with Crippen LogP contribution in [-0.4, -0.2) is 9.91 Å². The summed E-state index contributed by atoms with van der Waals surface area (Å²) in [7, 11) is 0. The van der Waals surface area contributed by atoms with Gasteiger partial charge >= 0.3 is 0 Å². The molecule has 1 aromatic carbocycles. The standard InChI is InChI=1S/C11H9BrClN3O2S/c1-6-2-7(12)3-9(16(17)18)10(6)14-4-8-5-15-11(13)19-8/h2-3,5,14H,4H2,1H3. The molecule has 100 valence electrons. The molecule has 8 heteroatoms. The van der Waals surface area contributed by atoms with E-state index in [0.717, 1.165) is 10.4 Å². The third-order valence-electron chi connectivity index (χ3n) is 2.44. The Balaban J connectivity index is 2.26. The van der Waals surface area contributed by atoms with E-state index in [-0.39, 0.29) is 5.69 Å². The van der Waals surface area contributed by atoms with Gasteiger partial charge in [0.05, 0.1) is 11.5 Å². The molecule has 0 fully saturated rings. The van der Waals surface area contributed by atoms with Crippen molar-refractivity contribution in [3.63, 3.8) is 0 Å². The maximum absolute atomic E-state index is 11.1. The lowest BCUT2D eigenvalue weighted by atomic mass is 10.1. The monoisotopic (exact) mass is 361 g/mol. The van der Waals surface area contributed by atoms with E-state index in [4.69, 9.17) is 11.6 Å². The van der Waals surface area contributed by atoms with Crippen LogP contribution in [0.2, 0.25) is 4.47 Å². The number of rotatable bonds is 4. The minimum Gasteiger partial charge on any atom is -0.374 e. The molecular weight excluding hydrogens is 354 g/mol. The fourth-order valence-corrected chi connectivity index (χ4v) is 3.12. The van der Waals surface area contributed by atoms with Gasteiger partial charge in [0.2, 0.25) is 0 Å². The Hall–Kier alpha value is -1.18. The smallest absolute Gasteiger partial charge is 0.293 e. The highest BCUT2D eigenvalue weighted by Gasteiger charge is 2.17. The number of nitrogens with zero attached hydrogens (tertiary/aromatic N) is 2. The van der Waals surface area contributed by atoms with Crippen LogP contribution in [-0.2, 0) is 6.54 Å². The predicted molar refractivity (Wildman–Crippen MR) is 80.0 cm³/mol. The number of hydrogen-bond donors (Lipinski definition) is 1. The molecule has 0 aliphatic heterocycles. The van der Waals surface area contributed by atoms with E-state index in [0.29, 0.717) is 21.2 Å². The Morgan fingerprint density at radius 2 is 2.32 bits per heavy atom. The maximum Gasteiger partial charge on any atom is 0.293 e. The van der Waals surface area contributed by atoms with Crippen molar-refractivity contribution in [2.45, 2.75) is 13.5 Å². The first-order valence-electron chi connectivity index (χ1n) is 5.26. The highest BCUT2D eigenvalue weighted by Crippen LogP contribution is 2.32. The van der Waals surface area contributed by atoms with Crippen LogP contribution in [0.4, 0.5) is 11.4 Å². The van der Waals surface area contributed by atoms with E-state index in [2.05, 4.69) is 26.2 Å². The summed E-state index contributed by atoms with van der Waals surface area (Å²) in [5.74, 6) is 0. The van der Waals surface area contributed by atoms with Gasteiger partial charge in [-0.2, -0.15) is 0 Å². The second kappa shape index (κ2) is 5.85. The van der Waals surface area contributed by atoms with E-state index in [1.54, 1.807) is 6.20 Å². The molecule has 0 spiro atoms. The van der Waals surface area contributed by atoms with Crippen LogP contribution < -0.4 is 5.32 Å². The fraction of sp³-hybridized carbons (Fsp3) is 0.182. The molecule has 1 heterocycles. The van der Waals surface area contributed by atoms with Crippen molar-refractivity contribution in [1.29, 1.82) is 0 Å². The fourth-order valence-electron chi connectivity index (χ4n) is 1.64. The Morgan fingerprint density at radius 1 is 1.58 bits per heavy atom. The second-order valence-corrected chi connectivity index (χ2v) is 6.42. The van der Waals surface area contributed by atoms with Crippen LogP contribution in [0.3, 0.4) is 0 Å². The summed E-state index contributed by atoms with van der Waals surface area (Å²) < 4.78 is 1.14. The van der Waals surface area contributed by atoms with Crippen molar-refractivity contribution < 1.29 is 4.92 Å². The zero-order chi connectivity index (χ0) is 14.0. The average Bonchev–Trinajstić information content (AvgIpc) is 2.73. The third kappa shape index (κ3) is 3.43. The van der Waals surface area contributed by atoms with Crippen LogP contribution in [0.15, 0.2) is 22.8 Å². The van der Waals surface area contributed by atoms with Gasteiger partial charge in [-0.15, -0.1) is 11.3 Å². The zero-order valence-corrected chi connectivity index (χ0v) is 13.0. The highest BCUT2D eigenvalue weighted by atomic mass is 79.9. The van der Waals surface area contributed by atoms with E-state index in [1.165, 1.54) is 17.4 Å². The van der Waals surface area contributed by atoms with Crippen molar-refractivity contribution in [2.75, 3.05) is 5.32 Å². The largest absolute Gasteiger partial charge is 0.374 e. The molecule has 19 heavy (non-hydrogen) atoms.